The summed E-state index contributed by atoms with van der Waals surface area (Å²) in [4.78, 5) is 0. The fourth-order valence-electron chi connectivity index (χ4n) is 17.3. The summed E-state index contributed by atoms with van der Waals surface area (Å²) in [5, 5.41) is 0. The summed E-state index contributed by atoms with van der Waals surface area (Å²) < 4.78 is 0. The lowest BCUT2D eigenvalue weighted by Crippen LogP contribution is -2.17. The molecule has 3 fully saturated rings. The van der Waals surface area contributed by atoms with E-state index in [4.69, 9.17) is 0 Å². The lowest BCUT2D eigenvalue weighted by Gasteiger charge is -2.31. The predicted molar refractivity (Wildman–Crippen MR) is 381 cm³/mol. The molecule has 0 spiro atoms. The quantitative estimate of drug-likeness (QED) is 0.160. The summed E-state index contributed by atoms with van der Waals surface area (Å²) in [5.41, 5.74) is 29.7. The van der Waals surface area contributed by atoms with Gasteiger partial charge in [0.2, 0.25) is 0 Å². The van der Waals surface area contributed by atoms with Crippen LogP contribution >= 0.6 is 0 Å². The monoisotopic (exact) mass is 1170 g/mol. The highest BCUT2D eigenvalue weighted by molar-refractivity contribution is 5.64. The fraction of sp³-hybridized carbons (Fsp3) is 0.393. The van der Waals surface area contributed by atoms with Gasteiger partial charge in [-0.1, -0.05) is 259 Å². The molecule has 0 nitrogen and oxygen atoms in total. The van der Waals surface area contributed by atoms with E-state index in [-0.39, 0.29) is 0 Å². The van der Waals surface area contributed by atoms with Crippen LogP contribution in [0.4, 0.5) is 0 Å². The van der Waals surface area contributed by atoms with Crippen LogP contribution in [0.15, 0.2) is 273 Å². The van der Waals surface area contributed by atoms with Crippen molar-refractivity contribution in [1.82, 2.24) is 0 Å². The van der Waals surface area contributed by atoms with E-state index in [1.54, 1.807) is 16.7 Å². The predicted octanol–water partition coefficient (Wildman–Crippen LogP) is 24.1. The van der Waals surface area contributed by atoms with Crippen molar-refractivity contribution in [1.29, 1.82) is 0 Å². The van der Waals surface area contributed by atoms with E-state index < -0.39 is 0 Å². The molecule has 0 amide bonds. The minimum absolute atomic E-state index is 0.435. The average Bonchev–Trinajstić information content (AvgIpc) is 2.16. The number of allylic oxidation sites excluding steroid dienone is 36. The largest absolute Gasteiger partial charge is 0.0836 e. The third kappa shape index (κ3) is 14.3. The molecule has 3 aromatic rings. The molecule has 0 saturated heterocycles. The van der Waals surface area contributed by atoms with Crippen LogP contribution in [-0.2, 0) is 19.3 Å². The van der Waals surface area contributed by atoms with Crippen molar-refractivity contribution in [2.24, 2.45) is 29.6 Å². The van der Waals surface area contributed by atoms with Crippen molar-refractivity contribution >= 4 is 0 Å². The second-order valence-corrected chi connectivity index (χ2v) is 28.5. The van der Waals surface area contributed by atoms with Gasteiger partial charge < -0.3 is 0 Å². The topological polar surface area (TPSA) is 0 Å². The maximum Gasteiger partial charge on any atom is 0.0281 e. The molecular weight excluding hydrogens is 1070 g/mol. The first-order valence-electron chi connectivity index (χ1n) is 35.6. The molecule has 0 aliphatic heterocycles. The van der Waals surface area contributed by atoms with Gasteiger partial charge in [-0.2, -0.15) is 0 Å². The van der Waals surface area contributed by atoms with Crippen LogP contribution < -0.4 is 0 Å². The van der Waals surface area contributed by atoms with Crippen molar-refractivity contribution in [2.45, 2.75) is 193 Å². The zero-order valence-corrected chi connectivity index (χ0v) is 54.5. The Morgan fingerprint density at radius 3 is 1.10 bits per heavy atom. The third-order valence-corrected chi connectivity index (χ3v) is 22.3. The molecule has 0 heteroatoms. The van der Waals surface area contributed by atoms with Gasteiger partial charge in [0.15, 0.2) is 0 Å². The summed E-state index contributed by atoms with van der Waals surface area (Å²) in [6.45, 7) is 9.42. The normalized spacial score (nSPS) is 25.2. The molecule has 3 atom stereocenters. The first kappa shape index (κ1) is 60.9. The van der Waals surface area contributed by atoms with E-state index in [1.165, 1.54) is 223 Å². The van der Waals surface area contributed by atoms with Gasteiger partial charge in [-0.05, 0) is 264 Å². The number of rotatable bonds is 13. The van der Waals surface area contributed by atoms with Gasteiger partial charge in [0, 0.05) is 17.8 Å². The summed E-state index contributed by atoms with van der Waals surface area (Å²) in [7, 11) is 0. The van der Waals surface area contributed by atoms with Crippen LogP contribution in [0.5, 0.6) is 0 Å². The molecular formula is C89H100. The van der Waals surface area contributed by atoms with Gasteiger partial charge in [0.05, 0.1) is 0 Å². The maximum atomic E-state index is 2.45. The molecule has 0 heterocycles. The van der Waals surface area contributed by atoms with Gasteiger partial charge in [-0.25, -0.2) is 0 Å². The van der Waals surface area contributed by atoms with Gasteiger partial charge in [0.25, 0.3) is 0 Å². The molecule has 0 N–H and O–H groups in total. The van der Waals surface area contributed by atoms with E-state index in [0.717, 1.165) is 48.9 Å². The number of fused-ring (bicyclic) bond motifs is 3. The number of aryl methyl sites for hydroxylation is 2. The summed E-state index contributed by atoms with van der Waals surface area (Å²) >= 11 is 0. The molecule has 12 aliphatic rings. The molecule has 15 rings (SSSR count). The molecule has 3 unspecified atom stereocenters. The fourth-order valence-corrected chi connectivity index (χ4v) is 17.3. The number of hydrogen-bond donors (Lipinski definition) is 0. The van der Waals surface area contributed by atoms with Crippen LogP contribution in [0.3, 0.4) is 0 Å². The average molecular weight is 1170 g/mol. The van der Waals surface area contributed by atoms with E-state index >= 15 is 0 Å². The molecule has 3 saturated carbocycles. The Morgan fingerprint density at radius 2 is 0.742 bits per heavy atom. The van der Waals surface area contributed by atoms with Crippen molar-refractivity contribution in [3.05, 3.63) is 318 Å². The third-order valence-electron chi connectivity index (χ3n) is 22.3. The molecule has 0 radical (unpaired) electrons. The van der Waals surface area contributed by atoms with Gasteiger partial charge in [0.1, 0.15) is 0 Å². The highest BCUT2D eigenvalue weighted by Gasteiger charge is 2.31. The minimum Gasteiger partial charge on any atom is -0.0836 e. The van der Waals surface area contributed by atoms with Crippen molar-refractivity contribution in [2.75, 3.05) is 0 Å². The minimum atomic E-state index is 0.435. The van der Waals surface area contributed by atoms with Gasteiger partial charge >= 0.3 is 0 Å². The lowest BCUT2D eigenvalue weighted by molar-refractivity contribution is 0.259. The SMILES string of the molecule is CC(C)C1CCC(c2ccc(CC3=CC=C(C4=CCCC=C4)C4C=CC=C34)cc2)CC1.Cc1cc(CC2=CC=C(C3=CCCC=C3)C3C=CC=C23)ccc1C1CCCCC1.Cc1cc(CC2=CC=C(C3=CCCC=C3)C3C=CC=C23)ccc1C1CCCCC1. The molecule has 3 aromatic carbocycles. The van der Waals surface area contributed by atoms with Gasteiger partial charge in [-0.3, -0.25) is 0 Å². The Morgan fingerprint density at radius 1 is 0.360 bits per heavy atom. The second-order valence-electron chi connectivity index (χ2n) is 28.5. The Balaban J connectivity index is 0.000000123. The van der Waals surface area contributed by atoms with E-state index in [2.05, 4.69) is 234 Å². The summed E-state index contributed by atoms with van der Waals surface area (Å²) in [6.07, 6.45) is 85.8. The van der Waals surface area contributed by atoms with Crippen LogP contribution in [-0.4, -0.2) is 0 Å². The van der Waals surface area contributed by atoms with Crippen molar-refractivity contribution in [3.8, 4) is 0 Å². The number of hydrogen-bond acceptors (Lipinski definition) is 0. The van der Waals surface area contributed by atoms with Crippen molar-refractivity contribution < 1.29 is 0 Å². The van der Waals surface area contributed by atoms with E-state index in [0.29, 0.717) is 17.8 Å². The highest BCUT2D eigenvalue weighted by atomic mass is 14.4. The van der Waals surface area contributed by atoms with Crippen LogP contribution in [0, 0.1) is 43.4 Å². The first-order valence-corrected chi connectivity index (χ1v) is 35.6. The lowest BCUT2D eigenvalue weighted by atomic mass is 9.74. The Kier molecular flexibility index (Phi) is 19.7. The first-order chi connectivity index (χ1) is 43.8. The van der Waals surface area contributed by atoms with Crippen molar-refractivity contribution in [3.63, 3.8) is 0 Å². The van der Waals surface area contributed by atoms with E-state index in [1.807, 2.05) is 0 Å². The van der Waals surface area contributed by atoms with Crippen LogP contribution in [0.25, 0.3) is 0 Å². The molecule has 456 valence electrons. The molecule has 0 aromatic heterocycles. The Labute approximate surface area is 537 Å². The second kappa shape index (κ2) is 28.9. The van der Waals surface area contributed by atoms with E-state index in [9.17, 15) is 0 Å². The Bertz CT molecular complexity index is 3530. The highest BCUT2D eigenvalue weighted by Crippen LogP contribution is 2.46. The molecule has 0 bridgehead atoms. The number of benzene rings is 3. The zero-order chi connectivity index (χ0) is 60.5. The smallest absolute Gasteiger partial charge is 0.0281 e. The zero-order valence-electron chi connectivity index (χ0n) is 54.5. The molecule has 89 heavy (non-hydrogen) atoms. The summed E-state index contributed by atoms with van der Waals surface area (Å²) in [6, 6.07) is 24.1. The standard InChI is InChI=1S/C31H36.2C29H32/c1-22(2)24-15-17-26(18-16-24)25-13-11-23(12-14-25)21-28-19-20-30(27-7-4-3-5-8-27)31-10-6-9-29(28)31;2*1-21-19-22(15-17-26(21)23-9-4-2-5-10-23)20-25-16-18-28(24-11-6-3-7-12-24)29-14-8-13-27(25)29/h4,6-14,19-20,22,24,26,31H,3,5,15-18,21H2,1-2H3;2*6,8,11-19,23,29H,2-5,7,9-10,20H2,1H3. The van der Waals surface area contributed by atoms with Crippen LogP contribution in [0.2, 0.25) is 0 Å². The maximum absolute atomic E-state index is 2.45. The van der Waals surface area contributed by atoms with Gasteiger partial charge in [-0.15, -0.1) is 0 Å². The Hall–Kier alpha value is -7.02. The van der Waals surface area contributed by atoms with Crippen LogP contribution in [0.1, 0.15) is 205 Å². The summed E-state index contributed by atoms with van der Waals surface area (Å²) in [5.74, 6) is 5.44. The molecule has 12 aliphatic carbocycles.